The lowest BCUT2D eigenvalue weighted by Gasteiger charge is -2.56. The summed E-state index contributed by atoms with van der Waals surface area (Å²) >= 11 is 6.40. The van der Waals surface area contributed by atoms with Gasteiger partial charge in [0.2, 0.25) is 5.91 Å². The summed E-state index contributed by atoms with van der Waals surface area (Å²) in [4.78, 5) is 14.8. The van der Waals surface area contributed by atoms with Crippen LogP contribution in [0.4, 0.5) is 5.69 Å². The normalized spacial score (nSPS) is 28.3. The first kappa shape index (κ1) is 20.1. The van der Waals surface area contributed by atoms with E-state index in [1.807, 2.05) is 6.07 Å². The van der Waals surface area contributed by atoms with E-state index in [2.05, 4.69) is 16.3 Å². The third-order valence-corrected chi connectivity index (χ3v) is 9.68. The number of hydrogen-bond acceptors (Lipinski definition) is 6. The van der Waals surface area contributed by atoms with Crippen molar-refractivity contribution < 1.29 is 17.9 Å². The van der Waals surface area contributed by atoms with Crippen molar-refractivity contribution in [2.45, 2.75) is 47.8 Å². The molecule has 5 rings (SSSR count). The van der Waals surface area contributed by atoms with E-state index in [-0.39, 0.29) is 33.6 Å². The van der Waals surface area contributed by atoms with Gasteiger partial charge >= 0.3 is 0 Å². The second-order valence-corrected chi connectivity index (χ2v) is 11.9. The summed E-state index contributed by atoms with van der Waals surface area (Å²) in [5, 5.41) is 11.5. The SMILES string of the molecule is N#CC1(NC(=O)[C@H]2CC[C@H](S(=O)(=O)c3ccc(N4CC5(COC5)C4)cc3Cl)C2)CC1. The number of halogens is 1. The first-order chi connectivity index (χ1) is 14.3. The number of nitrogens with one attached hydrogen (secondary N) is 1. The number of hydrogen-bond donors (Lipinski definition) is 1. The number of rotatable bonds is 5. The number of nitriles is 1. The van der Waals surface area contributed by atoms with Gasteiger partial charge in [-0.15, -0.1) is 0 Å². The van der Waals surface area contributed by atoms with Gasteiger partial charge < -0.3 is 15.0 Å². The standard InChI is InChI=1S/C21H24ClN3O4S/c22-17-8-15(25-10-20(11-25)12-29-13-20)2-4-18(17)30(27,28)16-3-1-14(7-16)19(26)24-21(9-23)5-6-21/h2,4,8,14,16H,1,3,5-7,10-13H2,(H,24,26)/t14-,16-/m0/s1. The predicted molar refractivity (Wildman–Crippen MR) is 111 cm³/mol. The zero-order chi connectivity index (χ0) is 21.1. The van der Waals surface area contributed by atoms with Crippen LogP contribution in [0.1, 0.15) is 32.1 Å². The number of sulfone groups is 1. The Bertz CT molecular complexity index is 1030. The number of amides is 1. The number of nitrogens with zero attached hydrogens (tertiary/aromatic N) is 2. The van der Waals surface area contributed by atoms with Crippen LogP contribution in [0.3, 0.4) is 0 Å². The third kappa shape index (κ3) is 3.28. The average molecular weight is 450 g/mol. The van der Waals surface area contributed by atoms with E-state index >= 15 is 0 Å². The Kier molecular flexibility index (Phi) is 4.58. The van der Waals surface area contributed by atoms with Crippen LogP contribution in [0.5, 0.6) is 0 Å². The number of ether oxygens (including phenoxy) is 1. The van der Waals surface area contributed by atoms with E-state index in [0.29, 0.717) is 25.7 Å². The van der Waals surface area contributed by atoms with E-state index in [1.54, 1.807) is 12.1 Å². The van der Waals surface area contributed by atoms with Crippen LogP contribution in [0.2, 0.25) is 5.02 Å². The smallest absolute Gasteiger partial charge is 0.224 e. The van der Waals surface area contributed by atoms with E-state index in [0.717, 1.165) is 32.0 Å². The highest BCUT2D eigenvalue weighted by molar-refractivity contribution is 7.92. The molecule has 160 valence electrons. The van der Waals surface area contributed by atoms with Gasteiger partial charge in [-0.05, 0) is 50.3 Å². The minimum atomic E-state index is -3.63. The molecule has 1 spiro atoms. The van der Waals surface area contributed by atoms with E-state index < -0.39 is 20.6 Å². The lowest BCUT2D eigenvalue weighted by Crippen LogP contribution is -2.66. The molecule has 2 aliphatic heterocycles. The van der Waals surface area contributed by atoms with Crippen molar-refractivity contribution in [2.24, 2.45) is 11.3 Å². The van der Waals surface area contributed by atoms with Gasteiger partial charge in [0.1, 0.15) is 5.54 Å². The molecular formula is C21H24ClN3O4S. The van der Waals surface area contributed by atoms with Crippen LogP contribution < -0.4 is 10.2 Å². The summed E-state index contributed by atoms with van der Waals surface area (Å²) in [6, 6.07) is 7.27. The van der Waals surface area contributed by atoms with Gasteiger partial charge in [0.15, 0.2) is 9.84 Å². The monoisotopic (exact) mass is 449 g/mol. The van der Waals surface area contributed by atoms with Crippen molar-refractivity contribution in [3.05, 3.63) is 23.2 Å². The molecule has 4 aliphatic rings. The molecule has 30 heavy (non-hydrogen) atoms. The van der Waals surface area contributed by atoms with Crippen molar-refractivity contribution >= 4 is 33.0 Å². The summed E-state index contributed by atoms with van der Waals surface area (Å²) in [6.07, 6.45) is 2.52. The number of carbonyl (C=O) groups is 1. The third-order valence-electron chi connectivity index (χ3n) is 6.98. The zero-order valence-corrected chi connectivity index (χ0v) is 18.1. The van der Waals surface area contributed by atoms with Gasteiger partial charge in [0, 0.05) is 24.7 Å². The molecule has 0 aromatic heterocycles. The van der Waals surface area contributed by atoms with Gasteiger partial charge in [0.25, 0.3) is 0 Å². The summed E-state index contributed by atoms with van der Waals surface area (Å²) < 4.78 is 31.7. The van der Waals surface area contributed by atoms with Crippen LogP contribution in [-0.4, -0.2) is 51.4 Å². The summed E-state index contributed by atoms with van der Waals surface area (Å²) in [5.74, 6) is -0.587. The Labute approximate surface area is 181 Å². The molecule has 1 aromatic rings. The van der Waals surface area contributed by atoms with Crippen molar-refractivity contribution in [3.63, 3.8) is 0 Å². The fraction of sp³-hybridized carbons (Fsp3) is 0.619. The zero-order valence-electron chi connectivity index (χ0n) is 16.6. The molecule has 2 heterocycles. The van der Waals surface area contributed by atoms with Crippen molar-refractivity contribution in [2.75, 3.05) is 31.2 Å². The molecule has 1 amide bonds. The van der Waals surface area contributed by atoms with E-state index in [1.165, 1.54) is 0 Å². The molecule has 9 heteroatoms. The Morgan fingerprint density at radius 1 is 1.27 bits per heavy atom. The summed E-state index contributed by atoms with van der Waals surface area (Å²) in [5.41, 5.74) is 0.460. The molecule has 2 saturated heterocycles. The van der Waals surface area contributed by atoms with Crippen LogP contribution in [0.25, 0.3) is 0 Å². The number of carbonyl (C=O) groups excluding carboxylic acids is 1. The number of benzene rings is 1. The van der Waals surface area contributed by atoms with Gasteiger partial charge in [0.05, 0.1) is 39.9 Å². The average Bonchev–Trinajstić information content (AvgIpc) is 3.22. The van der Waals surface area contributed by atoms with Crippen LogP contribution in [-0.2, 0) is 19.4 Å². The molecule has 7 nitrogen and oxygen atoms in total. The Balaban J connectivity index is 1.26. The molecule has 0 bridgehead atoms. The van der Waals surface area contributed by atoms with Crippen molar-refractivity contribution in [3.8, 4) is 6.07 Å². The van der Waals surface area contributed by atoms with E-state index in [9.17, 15) is 13.2 Å². The number of anilines is 1. The van der Waals surface area contributed by atoms with E-state index in [4.69, 9.17) is 21.6 Å². The molecule has 1 N–H and O–H groups in total. The highest BCUT2D eigenvalue weighted by Crippen LogP contribution is 2.43. The largest absolute Gasteiger partial charge is 0.380 e. The fourth-order valence-corrected chi connectivity index (χ4v) is 7.18. The van der Waals surface area contributed by atoms with Gasteiger partial charge in [-0.25, -0.2) is 8.42 Å². The first-order valence-corrected chi connectivity index (χ1v) is 12.3. The minimum Gasteiger partial charge on any atom is -0.380 e. The first-order valence-electron chi connectivity index (χ1n) is 10.4. The van der Waals surface area contributed by atoms with Gasteiger partial charge in [-0.1, -0.05) is 11.6 Å². The molecule has 2 saturated carbocycles. The molecular weight excluding hydrogens is 426 g/mol. The van der Waals surface area contributed by atoms with Crippen LogP contribution in [0.15, 0.2) is 23.1 Å². The lowest BCUT2D eigenvalue weighted by atomic mass is 9.78. The topological polar surface area (TPSA) is 99.5 Å². The molecule has 0 radical (unpaired) electrons. The fourth-order valence-electron chi connectivity index (χ4n) is 4.80. The maximum atomic E-state index is 13.2. The highest BCUT2D eigenvalue weighted by Gasteiger charge is 2.49. The van der Waals surface area contributed by atoms with Gasteiger partial charge in [-0.2, -0.15) is 5.26 Å². The second-order valence-electron chi connectivity index (χ2n) is 9.32. The Morgan fingerprint density at radius 3 is 2.57 bits per heavy atom. The molecule has 2 aliphatic carbocycles. The maximum Gasteiger partial charge on any atom is 0.224 e. The highest BCUT2D eigenvalue weighted by atomic mass is 35.5. The summed E-state index contributed by atoms with van der Waals surface area (Å²) in [7, 11) is -3.63. The maximum absolute atomic E-state index is 13.2. The van der Waals surface area contributed by atoms with Crippen LogP contribution >= 0.6 is 11.6 Å². The Morgan fingerprint density at radius 2 is 2.00 bits per heavy atom. The quantitative estimate of drug-likeness (QED) is 0.740. The van der Waals surface area contributed by atoms with Crippen LogP contribution in [0, 0.1) is 22.7 Å². The van der Waals surface area contributed by atoms with Crippen molar-refractivity contribution in [1.29, 1.82) is 5.26 Å². The molecule has 1 aromatic carbocycles. The second kappa shape index (κ2) is 6.84. The Hall–Kier alpha value is -1.82. The molecule has 4 fully saturated rings. The predicted octanol–water partition coefficient (Wildman–Crippen LogP) is 2.29. The van der Waals surface area contributed by atoms with Crippen molar-refractivity contribution in [1.82, 2.24) is 5.32 Å². The van der Waals surface area contributed by atoms with Gasteiger partial charge in [-0.3, -0.25) is 4.79 Å². The lowest BCUT2D eigenvalue weighted by molar-refractivity contribution is -0.127. The molecule has 2 atom stereocenters. The minimum absolute atomic E-state index is 0.136. The molecule has 0 unspecified atom stereocenters. The summed E-state index contributed by atoms with van der Waals surface area (Å²) in [6.45, 7) is 3.38.